The number of nitrogens with zero attached hydrogens (tertiary/aromatic N) is 4. The number of aryl methyl sites for hydroxylation is 1. The Labute approximate surface area is 88.1 Å². The molecule has 0 aromatic carbocycles. The second-order valence-electron chi connectivity index (χ2n) is 3.86. The molecule has 15 heavy (non-hydrogen) atoms. The van der Waals surface area contributed by atoms with Crippen LogP contribution in [0.15, 0.2) is 16.8 Å². The standard InChI is InChI=1S/C10H14N4O/c1-7(2)10-11-9(15-13-10)6-14-5-4-8(3)12-14/h4-5,7H,6H2,1-3H3. The number of rotatable bonds is 3. The van der Waals surface area contributed by atoms with Crippen molar-refractivity contribution in [1.29, 1.82) is 0 Å². The van der Waals surface area contributed by atoms with Gasteiger partial charge >= 0.3 is 0 Å². The molecule has 0 bridgehead atoms. The molecule has 2 rings (SSSR count). The smallest absolute Gasteiger partial charge is 0.248 e. The molecule has 0 aliphatic heterocycles. The minimum absolute atomic E-state index is 0.293. The zero-order valence-electron chi connectivity index (χ0n) is 9.14. The summed E-state index contributed by atoms with van der Waals surface area (Å²) in [7, 11) is 0. The number of hydrogen-bond donors (Lipinski definition) is 0. The SMILES string of the molecule is Cc1ccn(Cc2nc(C(C)C)no2)n1. The Kier molecular flexibility index (Phi) is 2.53. The van der Waals surface area contributed by atoms with Crippen LogP contribution in [0.5, 0.6) is 0 Å². The Morgan fingerprint density at radius 2 is 2.27 bits per heavy atom. The molecule has 0 spiro atoms. The van der Waals surface area contributed by atoms with Gasteiger partial charge in [-0.25, -0.2) is 0 Å². The second-order valence-corrected chi connectivity index (χ2v) is 3.86. The highest BCUT2D eigenvalue weighted by molar-refractivity contribution is 4.97. The largest absolute Gasteiger partial charge is 0.337 e. The Morgan fingerprint density at radius 3 is 2.80 bits per heavy atom. The molecule has 2 aromatic rings. The molecule has 5 nitrogen and oxygen atoms in total. The lowest BCUT2D eigenvalue weighted by atomic mass is 10.2. The van der Waals surface area contributed by atoms with E-state index in [9.17, 15) is 0 Å². The molecule has 2 heterocycles. The van der Waals surface area contributed by atoms with Crippen molar-refractivity contribution in [3.05, 3.63) is 29.7 Å². The first-order valence-electron chi connectivity index (χ1n) is 4.97. The van der Waals surface area contributed by atoms with E-state index in [1.807, 2.05) is 33.0 Å². The topological polar surface area (TPSA) is 56.7 Å². The lowest BCUT2D eigenvalue weighted by Crippen LogP contribution is -2.01. The van der Waals surface area contributed by atoms with Crippen LogP contribution in [0.4, 0.5) is 0 Å². The van der Waals surface area contributed by atoms with E-state index in [4.69, 9.17) is 4.52 Å². The maximum absolute atomic E-state index is 5.12. The van der Waals surface area contributed by atoms with Crippen molar-refractivity contribution in [3.63, 3.8) is 0 Å². The molecule has 80 valence electrons. The first-order chi connectivity index (χ1) is 7.15. The van der Waals surface area contributed by atoms with Crippen LogP contribution in [-0.4, -0.2) is 19.9 Å². The third-order valence-corrected chi connectivity index (χ3v) is 2.07. The second kappa shape index (κ2) is 3.84. The van der Waals surface area contributed by atoms with Gasteiger partial charge in [0.15, 0.2) is 5.82 Å². The summed E-state index contributed by atoms with van der Waals surface area (Å²) in [5.41, 5.74) is 0.985. The Balaban J connectivity index is 2.11. The molecule has 0 amide bonds. The summed E-state index contributed by atoms with van der Waals surface area (Å²) in [5.74, 6) is 1.64. The maximum Gasteiger partial charge on any atom is 0.248 e. The average Bonchev–Trinajstić information content (AvgIpc) is 2.76. The average molecular weight is 206 g/mol. The predicted octanol–water partition coefficient (Wildman–Crippen LogP) is 1.75. The van der Waals surface area contributed by atoms with Crippen molar-refractivity contribution in [3.8, 4) is 0 Å². The fourth-order valence-corrected chi connectivity index (χ4v) is 1.26. The van der Waals surface area contributed by atoms with Crippen molar-refractivity contribution in [1.82, 2.24) is 19.9 Å². The molecule has 0 N–H and O–H groups in total. The molecule has 2 aromatic heterocycles. The zero-order valence-corrected chi connectivity index (χ0v) is 9.14. The third kappa shape index (κ3) is 2.23. The van der Waals surface area contributed by atoms with Gasteiger partial charge in [0.05, 0.1) is 5.69 Å². The van der Waals surface area contributed by atoms with E-state index in [1.54, 1.807) is 4.68 Å². The summed E-state index contributed by atoms with van der Waals surface area (Å²) in [6, 6.07) is 1.94. The van der Waals surface area contributed by atoms with E-state index in [0.29, 0.717) is 18.4 Å². The van der Waals surface area contributed by atoms with Gasteiger partial charge in [-0.2, -0.15) is 10.1 Å². The van der Waals surface area contributed by atoms with E-state index in [1.165, 1.54) is 0 Å². The van der Waals surface area contributed by atoms with Crippen LogP contribution in [0.2, 0.25) is 0 Å². The summed E-state index contributed by atoms with van der Waals surface area (Å²) in [6.45, 7) is 6.55. The van der Waals surface area contributed by atoms with E-state index in [-0.39, 0.29) is 0 Å². The van der Waals surface area contributed by atoms with E-state index >= 15 is 0 Å². The van der Waals surface area contributed by atoms with Crippen molar-refractivity contribution in [2.75, 3.05) is 0 Å². The van der Waals surface area contributed by atoms with Gasteiger partial charge in [-0.05, 0) is 13.0 Å². The van der Waals surface area contributed by atoms with Gasteiger partial charge in [-0.15, -0.1) is 0 Å². The molecular formula is C10H14N4O. The van der Waals surface area contributed by atoms with Crippen LogP contribution >= 0.6 is 0 Å². The molecular weight excluding hydrogens is 192 g/mol. The fraction of sp³-hybridized carbons (Fsp3) is 0.500. The van der Waals surface area contributed by atoms with Crippen LogP contribution in [0.25, 0.3) is 0 Å². The van der Waals surface area contributed by atoms with Crippen LogP contribution in [0, 0.1) is 6.92 Å². The van der Waals surface area contributed by atoms with Crippen molar-refractivity contribution in [2.45, 2.75) is 33.2 Å². The fourth-order valence-electron chi connectivity index (χ4n) is 1.26. The molecule has 0 unspecified atom stereocenters. The Hall–Kier alpha value is -1.65. The monoisotopic (exact) mass is 206 g/mol. The molecule has 5 heteroatoms. The number of hydrogen-bond acceptors (Lipinski definition) is 4. The van der Waals surface area contributed by atoms with E-state index < -0.39 is 0 Å². The lowest BCUT2D eigenvalue weighted by molar-refractivity contribution is 0.359. The third-order valence-electron chi connectivity index (χ3n) is 2.07. The van der Waals surface area contributed by atoms with Gasteiger partial charge in [-0.3, -0.25) is 4.68 Å². The summed E-state index contributed by atoms with van der Waals surface area (Å²) in [5, 5.41) is 8.14. The predicted molar refractivity (Wildman–Crippen MR) is 54.5 cm³/mol. The quantitative estimate of drug-likeness (QED) is 0.767. The highest BCUT2D eigenvalue weighted by Gasteiger charge is 2.09. The van der Waals surface area contributed by atoms with Crippen molar-refractivity contribution < 1.29 is 4.52 Å². The van der Waals surface area contributed by atoms with Crippen LogP contribution < -0.4 is 0 Å². The van der Waals surface area contributed by atoms with Gasteiger partial charge in [0.1, 0.15) is 6.54 Å². The van der Waals surface area contributed by atoms with Gasteiger partial charge in [-0.1, -0.05) is 19.0 Å². The molecule has 0 saturated heterocycles. The molecule has 0 aliphatic carbocycles. The Morgan fingerprint density at radius 1 is 1.47 bits per heavy atom. The van der Waals surface area contributed by atoms with Gasteiger partial charge < -0.3 is 4.52 Å². The van der Waals surface area contributed by atoms with Crippen molar-refractivity contribution in [2.24, 2.45) is 0 Å². The Bertz CT molecular complexity index is 444. The first-order valence-corrected chi connectivity index (χ1v) is 4.97. The van der Waals surface area contributed by atoms with Crippen molar-refractivity contribution >= 4 is 0 Å². The molecule has 0 aliphatic rings. The van der Waals surface area contributed by atoms with Crippen LogP contribution in [-0.2, 0) is 6.54 Å². The molecule has 0 saturated carbocycles. The van der Waals surface area contributed by atoms with Gasteiger partial charge in [0.25, 0.3) is 0 Å². The van der Waals surface area contributed by atoms with Gasteiger partial charge in [0.2, 0.25) is 5.89 Å². The molecule has 0 radical (unpaired) electrons. The van der Waals surface area contributed by atoms with E-state index in [2.05, 4.69) is 15.2 Å². The summed E-state index contributed by atoms with van der Waals surface area (Å²) in [4.78, 5) is 4.28. The highest BCUT2D eigenvalue weighted by Crippen LogP contribution is 2.10. The van der Waals surface area contributed by atoms with Crippen LogP contribution in [0.1, 0.15) is 37.2 Å². The maximum atomic E-state index is 5.12. The normalized spacial score (nSPS) is 11.2. The minimum Gasteiger partial charge on any atom is -0.337 e. The minimum atomic E-state index is 0.293. The molecule has 0 fully saturated rings. The molecule has 0 atom stereocenters. The summed E-state index contributed by atoms with van der Waals surface area (Å²) < 4.78 is 6.90. The first kappa shape index (κ1) is 9.89. The zero-order chi connectivity index (χ0) is 10.8. The highest BCUT2D eigenvalue weighted by atomic mass is 16.5. The van der Waals surface area contributed by atoms with Crippen LogP contribution in [0.3, 0.4) is 0 Å². The summed E-state index contributed by atoms with van der Waals surface area (Å²) in [6.07, 6.45) is 1.90. The number of aromatic nitrogens is 4. The lowest BCUT2D eigenvalue weighted by Gasteiger charge is -1.94. The summed E-state index contributed by atoms with van der Waals surface area (Å²) >= 11 is 0. The van der Waals surface area contributed by atoms with E-state index in [0.717, 1.165) is 11.5 Å². The van der Waals surface area contributed by atoms with Gasteiger partial charge in [0, 0.05) is 12.1 Å².